The van der Waals surface area contributed by atoms with Crippen LogP contribution in [0, 0.1) is 27.7 Å². The van der Waals surface area contributed by atoms with E-state index in [2.05, 4.69) is 76.1 Å². The van der Waals surface area contributed by atoms with Crippen molar-refractivity contribution in [1.82, 2.24) is 0 Å². The van der Waals surface area contributed by atoms with E-state index in [4.69, 9.17) is 19.6 Å². The van der Waals surface area contributed by atoms with Crippen LogP contribution in [0.1, 0.15) is 24.3 Å². The Hall–Kier alpha value is 0.430. The van der Waals surface area contributed by atoms with E-state index in [9.17, 15) is 14.4 Å². The maximum absolute atomic E-state index is 10.5. The summed E-state index contributed by atoms with van der Waals surface area (Å²) in [6.45, 7) is 6.77. The quantitative estimate of drug-likeness (QED) is 0.112. The van der Waals surface area contributed by atoms with E-state index in [0.29, 0.717) is 17.3 Å². The zero-order chi connectivity index (χ0) is 27.6. The Labute approximate surface area is 291 Å². The summed E-state index contributed by atoms with van der Waals surface area (Å²) in [5, 5.41) is 17.2. The van der Waals surface area contributed by atoms with Gasteiger partial charge in [-0.25, -0.2) is 14.4 Å². The van der Waals surface area contributed by atoms with Gasteiger partial charge in [0.05, 0.1) is 6.07 Å². The smallest absolute Gasteiger partial charge is 1.00 e. The van der Waals surface area contributed by atoms with Crippen molar-refractivity contribution in [2.75, 3.05) is 0 Å². The number of aryl methyl sites for hydroxylation is 4. The zero-order valence-corrected chi connectivity index (χ0v) is 31.9. The predicted molar refractivity (Wildman–Crippen MR) is 145 cm³/mol. The first-order chi connectivity index (χ1) is 16.2. The van der Waals surface area contributed by atoms with Gasteiger partial charge in [0.1, 0.15) is 27.1 Å². The third-order valence-corrected chi connectivity index (χ3v) is 3.27. The summed E-state index contributed by atoms with van der Waals surface area (Å²) in [6.07, 6.45) is 0. The van der Waals surface area contributed by atoms with Crippen LogP contribution in [0.25, 0.3) is 0 Å². The molecule has 17 heteroatoms. The van der Waals surface area contributed by atoms with E-state index in [1.165, 1.54) is 18.2 Å². The van der Waals surface area contributed by atoms with Gasteiger partial charge in [0.15, 0.2) is 0 Å². The number of halogens is 4. The molecule has 0 unspecified atom stereocenters. The molecule has 3 rings (SSSR count). The van der Waals surface area contributed by atoms with E-state index in [1.54, 1.807) is 26.8 Å². The normalized spacial score (nSPS) is 8.49. The van der Waals surface area contributed by atoms with Crippen molar-refractivity contribution < 1.29 is 93.8 Å². The van der Waals surface area contributed by atoms with E-state index in [1.807, 2.05) is 13.0 Å². The molecule has 0 saturated heterocycles. The number of aromatic hydroxyl groups is 1. The molecule has 0 atom stereocenters. The Kier molecular flexibility index (Phi) is 32.0. The van der Waals surface area contributed by atoms with Crippen molar-refractivity contribution >= 4 is 72.9 Å². The zero-order valence-electron chi connectivity index (χ0n) is 21.6. The van der Waals surface area contributed by atoms with Crippen LogP contribution in [0.2, 0.25) is 0 Å². The van der Waals surface area contributed by atoms with Crippen molar-refractivity contribution in [3.8, 4) is 5.75 Å². The summed E-state index contributed by atoms with van der Waals surface area (Å²) >= 11 is 12.7. The molecule has 3 aromatic heterocycles. The summed E-state index contributed by atoms with van der Waals surface area (Å²) in [5.74, 6) is 1.65. The second kappa shape index (κ2) is 26.6. The first-order valence-electron chi connectivity index (χ1n) is 8.86. The summed E-state index contributed by atoms with van der Waals surface area (Å²) in [4.78, 5) is 42.7. The molecule has 3 heterocycles. The Bertz CT molecular complexity index is 1000. The molecule has 0 saturated carbocycles. The van der Waals surface area contributed by atoms with E-state index in [-0.39, 0.29) is 88.0 Å². The molecule has 0 aromatic carbocycles. The first-order valence-corrected chi connectivity index (χ1v) is 17.0. The van der Waals surface area contributed by atoms with Crippen molar-refractivity contribution in [2.45, 2.75) is 27.7 Å². The number of rotatable bonds is 1. The van der Waals surface area contributed by atoms with Gasteiger partial charge in [-0.05, 0) is 91.9 Å². The van der Waals surface area contributed by atoms with Crippen LogP contribution in [-0.2, 0) is 9.68 Å². The number of hydrogen-bond acceptors (Lipinski definition) is 10. The average Bonchev–Trinajstić information content (AvgIpc) is 2.65. The van der Waals surface area contributed by atoms with Crippen LogP contribution >= 0.6 is 66.4 Å². The maximum Gasteiger partial charge on any atom is 1.00 e. The predicted octanol–water partition coefficient (Wildman–Crippen LogP) is -0.426. The van der Waals surface area contributed by atoms with Gasteiger partial charge in [0.25, 0.3) is 6.47 Å². The van der Waals surface area contributed by atoms with Gasteiger partial charge in [0, 0.05) is 22.7 Å². The molecule has 10 nitrogen and oxygen atoms in total. The molecule has 0 spiro atoms. The first kappa shape index (κ1) is 44.4. The fraction of sp³-hybridized carbons (Fsp3) is 0.200. The fourth-order valence-corrected chi connectivity index (χ4v) is 2.43. The van der Waals surface area contributed by atoms with Crippen molar-refractivity contribution in [3.05, 3.63) is 95.0 Å². The topological polar surface area (TPSA) is 160 Å². The van der Waals surface area contributed by atoms with Gasteiger partial charge >= 0.3 is 76.0 Å². The molecular weight excluding hydrogens is 797 g/mol. The van der Waals surface area contributed by atoms with Gasteiger partial charge in [-0.3, -0.25) is 4.79 Å². The van der Waals surface area contributed by atoms with Crippen LogP contribution in [-0.4, -0.2) is 11.6 Å². The fourth-order valence-electron chi connectivity index (χ4n) is 1.92. The molecule has 1 N–H and O–H groups in total. The molecule has 0 aliphatic carbocycles. The number of carbonyl (C=O) groups excluding carboxylic acids is 1. The molecule has 37 heavy (non-hydrogen) atoms. The monoisotopic (exact) mass is 814 g/mol. The molecule has 0 radical (unpaired) electrons. The molecule has 0 aliphatic rings. The molecule has 0 aliphatic heterocycles. The Morgan fingerprint density at radius 3 is 1.43 bits per heavy atom. The summed E-state index contributed by atoms with van der Waals surface area (Å²) in [6, 6.07) is 8.80. The van der Waals surface area contributed by atoms with Crippen molar-refractivity contribution in [3.63, 3.8) is 0 Å². The molecule has 196 valence electrons. The summed E-state index contributed by atoms with van der Waals surface area (Å²) < 4.78 is 14.5. The minimum absolute atomic E-state index is 0. The summed E-state index contributed by atoms with van der Waals surface area (Å²) in [7, 11) is 0. The van der Waals surface area contributed by atoms with Crippen molar-refractivity contribution in [1.29, 1.82) is 0 Å². The van der Waals surface area contributed by atoms with Crippen LogP contribution in [0.5, 0.6) is 5.75 Å². The van der Waals surface area contributed by atoms with E-state index >= 15 is 0 Å². The Morgan fingerprint density at radius 1 is 0.811 bits per heavy atom. The average molecular weight is 818 g/mol. The van der Waals surface area contributed by atoms with Crippen molar-refractivity contribution in [2.24, 2.45) is 0 Å². The SMILES string of the molecule is BrP(Br)Br.Cc1cc(Br)cc(=O)o1.Cc1cc(C)oc(=O)c1.Cc1cc(O)cc(=O)o1.O=CO[O-].[H-].[Na+].[Na+]. The van der Waals surface area contributed by atoms with Gasteiger partial charge in [0.2, 0.25) is 0 Å². The van der Waals surface area contributed by atoms with E-state index < -0.39 is 5.63 Å². The molecule has 0 bridgehead atoms. The van der Waals surface area contributed by atoms with Gasteiger partial charge in [-0.1, -0.05) is 15.9 Å². The van der Waals surface area contributed by atoms with Crippen LogP contribution in [0.4, 0.5) is 0 Å². The third kappa shape index (κ3) is 30.8. The van der Waals surface area contributed by atoms with Crippen LogP contribution < -0.4 is 81.2 Å². The molecular formula is C20H21Br4Na2O10P. The molecule has 0 amide bonds. The Balaban J connectivity index is -0.000000122. The Morgan fingerprint density at radius 2 is 1.16 bits per heavy atom. The van der Waals surface area contributed by atoms with Crippen LogP contribution in [0.15, 0.2) is 68.5 Å². The van der Waals surface area contributed by atoms with Gasteiger partial charge < -0.3 is 29.9 Å². The van der Waals surface area contributed by atoms with Crippen LogP contribution in [0.3, 0.4) is 0 Å². The minimum atomic E-state index is -0.521. The van der Waals surface area contributed by atoms with Gasteiger partial charge in [-0.2, -0.15) is 0 Å². The van der Waals surface area contributed by atoms with Gasteiger partial charge in [-0.15, -0.1) is 0 Å². The van der Waals surface area contributed by atoms with E-state index in [0.717, 1.165) is 16.1 Å². The molecule has 3 aromatic rings. The third-order valence-electron chi connectivity index (χ3n) is 2.81. The number of carbonyl (C=O) groups is 1. The number of hydrogen-bond donors (Lipinski definition) is 1. The summed E-state index contributed by atoms with van der Waals surface area (Å²) in [5.41, 5.74) is -0.161. The second-order valence-electron chi connectivity index (χ2n) is 5.90. The molecule has 0 fully saturated rings. The largest absolute Gasteiger partial charge is 1.00 e. The maximum atomic E-state index is 10.5. The minimum Gasteiger partial charge on any atom is -1.00 e. The standard InChI is InChI=1S/C7H8O2.C6H5BrO2.C6H6O3.CH2O3.Br3P.2Na.H/c1-5-3-6(2)9-7(8)4-5;2*1-4-2-5(7)3-6(8)9-4;2-1-4-3;1-4(2)3;;;/h3-4H,1-2H3;2-3H,1H3;2-3,7H,1H3;1,3H;;;;/q;;;;;2*+1;-1/p-1. The second-order valence-corrected chi connectivity index (χ2v) is 22.1.